The number of carbonyl (C=O) groups is 2. The Morgan fingerprint density at radius 3 is 2.48 bits per heavy atom. The van der Waals surface area contributed by atoms with Crippen molar-refractivity contribution in [2.24, 2.45) is 13.0 Å². The monoisotopic (exact) mass is 615 g/mol. The first-order valence-electron chi connectivity index (χ1n) is 14.4. The zero-order valence-corrected chi connectivity index (χ0v) is 24.8. The summed E-state index contributed by atoms with van der Waals surface area (Å²) in [5.41, 5.74) is -1.38. The molecule has 2 saturated heterocycles. The molecule has 1 aromatic heterocycles. The van der Waals surface area contributed by atoms with Gasteiger partial charge in [0, 0.05) is 31.4 Å². The predicted octanol–water partition coefficient (Wildman–Crippen LogP) is 5.38. The number of halogens is 4. The Kier molecular flexibility index (Phi) is 7.22. The molecule has 0 radical (unpaired) electrons. The zero-order chi connectivity index (χ0) is 31.6. The second-order valence-electron chi connectivity index (χ2n) is 12.9. The van der Waals surface area contributed by atoms with Gasteiger partial charge in [-0.05, 0) is 74.1 Å². The number of ether oxygens (including phenoxy) is 2. The molecule has 1 atom stereocenters. The number of fused-ring (bicyclic) bond motifs is 1. The molecule has 0 bridgehead atoms. The maximum atomic E-state index is 15.9. The highest BCUT2D eigenvalue weighted by atomic mass is 19.4. The van der Waals surface area contributed by atoms with Crippen molar-refractivity contribution in [3.05, 3.63) is 76.4 Å². The molecule has 0 aliphatic carbocycles. The van der Waals surface area contributed by atoms with Crippen LogP contribution in [0.15, 0.2) is 42.7 Å². The van der Waals surface area contributed by atoms with Gasteiger partial charge in [-0.1, -0.05) is 12.1 Å². The summed E-state index contributed by atoms with van der Waals surface area (Å²) in [6, 6.07) is 9.29. The molecule has 6 rings (SSSR count). The molecule has 2 fully saturated rings. The molecule has 13 heteroatoms. The average Bonchev–Trinajstić information content (AvgIpc) is 3.46. The minimum absolute atomic E-state index is 0.00677. The SMILES string of the molecule is Cn1cnnc1C(F)C1(c2cccc(N3Cc4c(cc(CC5CN(C(=O)OC(C)(C)C)C5)cc4C(F)(F)F)C3=O)c2)COC1. The largest absolute Gasteiger partial charge is 0.444 e. The van der Waals surface area contributed by atoms with Crippen LogP contribution in [0, 0.1) is 5.92 Å². The third-order valence-corrected chi connectivity index (χ3v) is 8.45. The van der Waals surface area contributed by atoms with Crippen LogP contribution in [-0.4, -0.2) is 63.6 Å². The van der Waals surface area contributed by atoms with Gasteiger partial charge in [-0.25, -0.2) is 9.18 Å². The number of hydrogen-bond donors (Lipinski definition) is 0. The molecule has 9 nitrogen and oxygen atoms in total. The average molecular weight is 616 g/mol. The number of benzene rings is 2. The second-order valence-corrected chi connectivity index (χ2v) is 12.9. The van der Waals surface area contributed by atoms with Crippen LogP contribution < -0.4 is 4.90 Å². The van der Waals surface area contributed by atoms with E-state index in [1.165, 1.54) is 26.8 Å². The summed E-state index contributed by atoms with van der Waals surface area (Å²) in [4.78, 5) is 28.7. The number of anilines is 1. The van der Waals surface area contributed by atoms with Gasteiger partial charge in [-0.3, -0.25) is 4.79 Å². The quantitative estimate of drug-likeness (QED) is 0.346. The van der Waals surface area contributed by atoms with Crippen molar-refractivity contribution in [1.29, 1.82) is 0 Å². The number of rotatable bonds is 6. The lowest BCUT2D eigenvalue weighted by atomic mass is 9.74. The molecule has 4 heterocycles. The third-order valence-electron chi connectivity index (χ3n) is 8.45. The Morgan fingerprint density at radius 1 is 1.16 bits per heavy atom. The Balaban J connectivity index is 1.24. The molecule has 0 spiro atoms. The molecule has 2 amide bonds. The minimum Gasteiger partial charge on any atom is -0.444 e. The second kappa shape index (κ2) is 10.6. The van der Waals surface area contributed by atoms with Gasteiger partial charge >= 0.3 is 12.3 Å². The lowest BCUT2D eigenvalue weighted by molar-refractivity contribution is -0.138. The van der Waals surface area contributed by atoms with Crippen LogP contribution in [0.5, 0.6) is 0 Å². The number of aryl methyl sites for hydroxylation is 1. The topological polar surface area (TPSA) is 89.8 Å². The Morgan fingerprint density at radius 2 is 1.89 bits per heavy atom. The van der Waals surface area contributed by atoms with Gasteiger partial charge in [0.15, 0.2) is 12.0 Å². The molecular formula is C31H33F4N5O4. The molecular weight excluding hydrogens is 582 g/mol. The summed E-state index contributed by atoms with van der Waals surface area (Å²) >= 11 is 0. The van der Waals surface area contributed by atoms with E-state index in [1.807, 2.05) is 0 Å². The molecule has 3 aromatic rings. The van der Waals surface area contributed by atoms with Crippen molar-refractivity contribution in [1.82, 2.24) is 19.7 Å². The van der Waals surface area contributed by atoms with Crippen LogP contribution in [0.4, 0.5) is 28.0 Å². The number of amides is 2. The first-order chi connectivity index (χ1) is 20.7. The van der Waals surface area contributed by atoms with E-state index in [0.717, 1.165) is 6.07 Å². The van der Waals surface area contributed by atoms with Gasteiger partial charge in [-0.2, -0.15) is 13.2 Å². The van der Waals surface area contributed by atoms with Crippen molar-refractivity contribution in [2.45, 2.75) is 57.1 Å². The summed E-state index contributed by atoms with van der Waals surface area (Å²) in [6.07, 6.45) is -5.01. The van der Waals surface area contributed by atoms with Gasteiger partial charge in [-0.15, -0.1) is 10.2 Å². The van der Waals surface area contributed by atoms with Crippen molar-refractivity contribution in [3.8, 4) is 0 Å². The molecule has 3 aliphatic rings. The number of alkyl halides is 4. The number of aromatic nitrogens is 3. The number of hydrogen-bond acceptors (Lipinski definition) is 6. The Labute approximate surface area is 251 Å². The summed E-state index contributed by atoms with van der Waals surface area (Å²) in [5.74, 6) is -0.488. The van der Waals surface area contributed by atoms with Gasteiger partial charge in [0.2, 0.25) is 0 Å². The normalized spacial score (nSPS) is 19.0. The summed E-state index contributed by atoms with van der Waals surface area (Å²) in [6.45, 7) is 5.89. The van der Waals surface area contributed by atoms with E-state index in [-0.39, 0.29) is 49.0 Å². The number of likely N-dealkylation sites (tertiary alicyclic amines) is 1. The fourth-order valence-electron chi connectivity index (χ4n) is 6.09. The lowest BCUT2D eigenvalue weighted by Gasteiger charge is -2.43. The fraction of sp³-hybridized carbons (Fsp3) is 0.484. The number of nitrogens with zero attached hydrogens (tertiary/aromatic N) is 5. The highest BCUT2D eigenvalue weighted by Crippen LogP contribution is 2.47. The first kappa shape index (κ1) is 30.0. The van der Waals surface area contributed by atoms with Gasteiger partial charge in [0.05, 0.1) is 30.7 Å². The van der Waals surface area contributed by atoms with E-state index >= 15 is 4.39 Å². The van der Waals surface area contributed by atoms with E-state index in [2.05, 4.69) is 10.2 Å². The van der Waals surface area contributed by atoms with Crippen molar-refractivity contribution < 1.29 is 36.6 Å². The Hall–Kier alpha value is -4.00. The lowest BCUT2D eigenvalue weighted by Crippen LogP contribution is -2.52. The molecule has 2 aromatic carbocycles. The predicted molar refractivity (Wildman–Crippen MR) is 151 cm³/mol. The minimum atomic E-state index is -4.68. The van der Waals surface area contributed by atoms with Crippen LogP contribution in [0.2, 0.25) is 0 Å². The van der Waals surface area contributed by atoms with Gasteiger partial charge in [0.25, 0.3) is 5.91 Å². The van der Waals surface area contributed by atoms with Crippen molar-refractivity contribution in [3.63, 3.8) is 0 Å². The maximum absolute atomic E-state index is 15.9. The van der Waals surface area contributed by atoms with Crippen molar-refractivity contribution in [2.75, 3.05) is 31.2 Å². The molecule has 44 heavy (non-hydrogen) atoms. The molecule has 234 valence electrons. The van der Waals surface area contributed by atoms with E-state index < -0.39 is 40.9 Å². The van der Waals surface area contributed by atoms with Gasteiger partial charge in [0.1, 0.15) is 11.9 Å². The molecule has 0 saturated carbocycles. The highest BCUT2D eigenvalue weighted by molar-refractivity contribution is 6.10. The highest BCUT2D eigenvalue weighted by Gasteiger charge is 2.51. The third kappa shape index (κ3) is 5.31. The smallest absolute Gasteiger partial charge is 0.416 e. The molecule has 3 aliphatic heterocycles. The molecule has 0 N–H and O–H groups in total. The first-order valence-corrected chi connectivity index (χ1v) is 14.4. The summed E-state index contributed by atoms with van der Waals surface area (Å²) < 4.78 is 71.1. The van der Waals surface area contributed by atoms with E-state index in [1.54, 1.807) is 52.1 Å². The van der Waals surface area contributed by atoms with Crippen LogP contribution in [-0.2, 0) is 41.1 Å². The summed E-state index contributed by atoms with van der Waals surface area (Å²) in [7, 11) is 1.64. The van der Waals surface area contributed by atoms with Crippen LogP contribution in [0.1, 0.15) is 65.4 Å². The zero-order valence-electron chi connectivity index (χ0n) is 24.8. The molecule has 1 unspecified atom stereocenters. The number of carbonyl (C=O) groups excluding carboxylic acids is 2. The van der Waals surface area contributed by atoms with Crippen molar-refractivity contribution >= 4 is 17.7 Å². The standard InChI is InChI=1S/C31H33F4N5O4/c1-29(2,3)44-28(42)39-12-19(13-39)8-18-9-22-23(24(10-18)31(33,34)35)14-40(27(22)41)21-7-5-6-20(11-21)30(15-43-16-30)25(32)26-37-36-17-38(26)4/h5-7,9-11,17,19,25H,8,12-16H2,1-4H3. The van der Waals surface area contributed by atoms with Gasteiger partial charge < -0.3 is 23.8 Å². The van der Waals surface area contributed by atoms with Crippen LogP contribution in [0.3, 0.4) is 0 Å². The van der Waals surface area contributed by atoms with E-state index in [9.17, 15) is 22.8 Å². The fourth-order valence-corrected chi connectivity index (χ4v) is 6.09. The van der Waals surface area contributed by atoms with Crippen LogP contribution in [0.25, 0.3) is 0 Å². The van der Waals surface area contributed by atoms with E-state index in [0.29, 0.717) is 29.9 Å². The summed E-state index contributed by atoms with van der Waals surface area (Å²) in [5, 5.41) is 7.68. The van der Waals surface area contributed by atoms with E-state index in [4.69, 9.17) is 9.47 Å². The Bertz CT molecular complexity index is 1600. The maximum Gasteiger partial charge on any atom is 0.416 e. The van der Waals surface area contributed by atoms with Crippen LogP contribution >= 0.6 is 0 Å².